The summed E-state index contributed by atoms with van der Waals surface area (Å²) in [6, 6.07) is 12.3. The Hall–Kier alpha value is -3.51. The average Bonchev–Trinajstić information content (AvgIpc) is 3.27. The Morgan fingerprint density at radius 1 is 1.00 bits per heavy atom. The lowest BCUT2D eigenvalue weighted by molar-refractivity contribution is -0.147. The molecule has 8 nitrogen and oxygen atoms in total. The molecule has 0 aliphatic rings. The minimum Gasteiger partial charge on any atom is -0.456 e. The molecule has 0 unspecified atom stereocenters. The van der Waals surface area contributed by atoms with Crippen LogP contribution in [0.3, 0.4) is 0 Å². The van der Waals surface area contributed by atoms with Crippen molar-refractivity contribution < 1.29 is 23.9 Å². The fourth-order valence-corrected chi connectivity index (χ4v) is 3.09. The Morgan fingerprint density at radius 3 is 2.43 bits per heavy atom. The molecule has 9 heteroatoms. The van der Waals surface area contributed by atoms with Gasteiger partial charge in [-0.3, -0.25) is 19.2 Å². The second-order valence-electron chi connectivity index (χ2n) is 6.24. The fourth-order valence-electron chi connectivity index (χ4n) is 2.39. The van der Waals surface area contributed by atoms with Gasteiger partial charge >= 0.3 is 5.97 Å². The first-order chi connectivity index (χ1) is 14.5. The number of carbonyl (C=O) groups is 4. The Labute approximate surface area is 177 Å². The van der Waals surface area contributed by atoms with Crippen LogP contribution < -0.4 is 10.6 Å². The number of Topliss-reactive ketones (excluding diaryl/α,β-unsaturated/α-hetero) is 1. The maximum absolute atomic E-state index is 11.8. The van der Waals surface area contributed by atoms with Gasteiger partial charge in [-0.15, -0.1) is 11.3 Å². The van der Waals surface area contributed by atoms with E-state index in [1.54, 1.807) is 41.8 Å². The van der Waals surface area contributed by atoms with Crippen molar-refractivity contribution >= 4 is 40.6 Å². The van der Waals surface area contributed by atoms with Gasteiger partial charge in [0.2, 0.25) is 5.91 Å². The molecule has 1 aromatic heterocycles. The molecule has 2 rings (SSSR count). The summed E-state index contributed by atoms with van der Waals surface area (Å²) in [4.78, 5) is 47.7. The van der Waals surface area contributed by atoms with Gasteiger partial charge in [0, 0.05) is 25.1 Å². The van der Waals surface area contributed by atoms with Gasteiger partial charge in [-0.25, -0.2) is 0 Å². The summed E-state index contributed by atoms with van der Waals surface area (Å²) >= 11 is 1.33. The van der Waals surface area contributed by atoms with E-state index >= 15 is 0 Å². The molecule has 0 atom stereocenters. The van der Waals surface area contributed by atoms with Crippen molar-refractivity contribution in [1.82, 2.24) is 5.32 Å². The summed E-state index contributed by atoms with van der Waals surface area (Å²) in [6.07, 6.45) is 0.351. The molecular weight excluding hydrogens is 406 g/mol. The highest BCUT2D eigenvalue weighted by Crippen LogP contribution is 2.12. The molecule has 2 amide bonds. The zero-order chi connectivity index (χ0) is 21.8. The van der Waals surface area contributed by atoms with E-state index in [0.717, 1.165) is 5.56 Å². The number of nitrogens with zero attached hydrogens (tertiary/aromatic N) is 1. The SMILES string of the molecule is N#CCc1ccc(NC(=O)COC(=O)CCNC(=O)CCC(=O)c2cccs2)cc1. The highest BCUT2D eigenvalue weighted by atomic mass is 32.1. The van der Waals surface area contributed by atoms with Crippen molar-refractivity contribution in [3.63, 3.8) is 0 Å². The third-order valence-corrected chi connectivity index (χ3v) is 4.82. The van der Waals surface area contributed by atoms with Crippen LogP contribution in [-0.2, 0) is 25.5 Å². The van der Waals surface area contributed by atoms with Gasteiger partial charge < -0.3 is 15.4 Å². The van der Waals surface area contributed by atoms with Crippen LogP contribution in [0, 0.1) is 11.3 Å². The van der Waals surface area contributed by atoms with E-state index in [-0.39, 0.29) is 43.9 Å². The molecular formula is C21H21N3O5S. The first kappa shape index (κ1) is 22.8. The quantitative estimate of drug-likeness (QED) is 0.419. The molecule has 30 heavy (non-hydrogen) atoms. The van der Waals surface area contributed by atoms with E-state index in [4.69, 9.17) is 10.00 Å². The molecule has 0 bridgehead atoms. The molecule has 0 aliphatic carbocycles. The molecule has 1 aromatic carbocycles. The summed E-state index contributed by atoms with van der Waals surface area (Å²) in [5.74, 6) is -1.53. The van der Waals surface area contributed by atoms with Crippen LogP contribution in [0.4, 0.5) is 5.69 Å². The lowest BCUT2D eigenvalue weighted by atomic mass is 10.1. The molecule has 2 N–H and O–H groups in total. The van der Waals surface area contributed by atoms with Crippen LogP contribution >= 0.6 is 11.3 Å². The zero-order valence-corrected chi connectivity index (χ0v) is 17.0. The summed E-state index contributed by atoms with van der Waals surface area (Å²) in [5, 5.41) is 15.6. The first-order valence-corrected chi connectivity index (χ1v) is 10.1. The summed E-state index contributed by atoms with van der Waals surface area (Å²) in [7, 11) is 0. The molecule has 2 aromatic rings. The van der Waals surface area contributed by atoms with Gasteiger partial charge in [0.05, 0.1) is 23.8 Å². The normalized spacial score (nSPS) is 9.97. The minimum atomic E-state index is -0.621. The number of nitriles is 1. The second-order valence-corrected chi connectivity index (χ2v) is 7.19. The van der Waals surface area contributed by atoms with Gasteiger partial charge in [-0.05, 0) is 29.1 Å². The van der Waals surface area contributed by atoms with Crippen molar-refractivity contribution in [3.8, 4) is 6.07 Å². The molecule has 0 spiro atoms. The number of rotatable bonds is 11. The third kappa shape index (κ3) is 8.24. The topological polar surface area (TPSA) is 125 Å². The number of carbonyl (C=O) groups excluding carboxylic acids is 4. The van der Waals surface area contributed by atoms with Crippen LogP contribution in [0.25, 0.3) is 0 Å². The molecule has 1 heterocycles. The predicted molar refractivity (Wildman–Crippen MR) is 111 cm³/mol. The summed E-state index contributed by atoms with van der Waals surface area (Å²) < 4.78 is 4.87. The zero-order valence-electron chi connectivity index (χ0n) is 16.2. The highest BCUT2D eigenvalue weighted by molar-refractivity contribution is 7.12. The smallest absolute Gasteiger partial charge is 0.308 e. The van der Waals surface area contributed by atoms with E-state index in [1.165, 1.54) is 11.3 Å². The first-order valence-electron chi connectivity index (χ1n) is 9.22. The number of nitrogens with one attached hydrogen (secondary N) is 2. The Morgan fingerprint density at radius 2 is 1.77 bits per heavy atom. The van der Waals surface area contributed by atoms with Crippen molar-refractivity contribution in [2.45, 2.75) is 25.7 Å². The number of ketones is 1. The number of hydrogen-bond acceptors (Lipinski definition) is 7. The van der Waals surface area contributed by atoms with Crippen molar-refractivity contribution in [2.75, 3.05) is 18.5 Å². The van der Waals surface area contributed by atoms with Crippen molar-refractivity contribution in [1.29, 1.82) is 5.26 Å². The number of hydrogen-bond donors (Lipinski definition) is 2. The summed E-state index contributed by atoms with van der Waals surface area (Å²) in [5.41, 5.74) is 1.36. The van der Waals surface area contributed by atoms with Gasteiger partial charge in [0.25, 0.3) is 5.91 Å². The maximum atomic E-state index is 11.8. The van der Waals surface area contributed by atoms with Crippen LogP contribution in [0.15, 0.2) is 41.8 Å². The van der Waals surface area contributed by atoms with E-state index in [2.05, 4.69) is 10.6 Å². The molecule has 0 saturated carbocycles. The van der Waals surface area contributed by atoms with Gasteiger partial charge in [-0.2, -0.15) is 5.26 Å². The Balaban J connectivity index is 1.58. The lowest BCUT2D eigenvalue weighted by Gasteiger charge is -2.08. The van der Waals surface area contributed by atoms with E-state index in [0.29, 0.717) is 10.6 Å². The summed E-state index contributed by atoms with van der Waals surface area (Å²) in [6.45, 7) is -0.380. The highest BCUT2D eigenvalue weighted by Gasteiger charge is 2.11. The Bertz CT molecular complexity index is 917. The average molecular weight is 427 g/mol. The molecule has 0 aliphatic heterocycles. The van der Waals surface area contributed by atoms with Gasteiger partial charge in [-0.1, -0.05) is 18.2 Å². The number of benzene rings is 1. The molecule has 156 valence electrons. The number of ether oxygens (including phenoxy) is 1. The minimum absolute atomic E-state index is 0.0430. The number of anilines is 1. The van der Waals surface area contributed by atoms with Gasteiger partial charge in [0.1, 0.15) is 0 Å². The van der Waals surface area contributed by atoms with Crippen LogP contribution in [0.2, 0.25) is 0 Å². The second kappa shape index (κ2) is 12.1. The molecule has 0 radical (unpaired) electrons. The van der Waals surface area contributed by atoms with Crippen LogP contribution in [0.5, 0.6) is 0 Å². The fraction of sp³-hybridized carbons (Fsp3) is 0.286. The number of esters is 1. The Kier molecular flexibility index (Phi) is 9.21. The molecule has 0 fully saturated rings. The van der Waals surface area contributed by atoms with Crippen molar-refractivity contribution in [3.05, 3.63) is 52.2 Å². The van der Waals surface area contributed by atoms with E-state index < -0.39 is 18.5 Å². The van der Waals surface area contributed by atoms with Crippen molar-refractivity contribution in [2.24, 2.45) is 0 Å². The number of amides is 2. The standard InChI is InChI=1S/C21H21N3O5S/c22-11-9-15-3-5-16(6-4-15)24-20(27)14-29-21(28)10-12-23-19(26)8-7-17(25)18-2-1-13-30-18/h1-6,13H,7-10,12,14H2,(H,23,26)(H,24,27). The van der Waals surface area contributed by atoms with Crippen LogP contribution in [-0.4, -0.2) is 36.7 Å². The monoisotopic (exact) mass is 427 g/mol. The third-order valence-electron chi connectivity index (χ3n) is 3.91. The molecule has 0 saturated heterocycles. The van der Waals surface area contributed by atoms with E-state index in [9.17, 15) is 19.2 Å². The number of thiophene rings is 1. The lowest BCUT2D eigenvalue weighted by Crippen LogP contribution is -2.28. The predicted octanol–water partition coefficient (Wildman–Crippen LogP) is 2.47. The maximum Gasteiger partial charge on any atom is 0.308 e. The van der Waals surface area contributed by atoms with Gasteiger partial charge in [0.15, 0.2) is 12.4 Å². The van der Waals surface area contributed by atoms with E-state index in [1.807, 2.05) is 6.07 Å². The largest absolute Gasteiger partial charge is 0.456 e. The van der Waals surface area contributed by atoms with Crippen LogP contribution in [0.1, 0.15) is 34.5 Å².